The van der Waals surface area contributed by atoms with Gasteiger partial charge >= 0.3 is 12.2 Å². The molecule has 6 rings (SSSR count). The van der Waals surface area contributed by atoms with Crippen molar-refractivity contribution in [3.63, 3.8) is 0 Å². The van der Waals surface area contributed by atoms with E-state index in [-0.39, 0.29) is 36.0 Å². The fraction of sp³-hybridized carbons (Fsp3) is 0.423. The topological polar surface area (TPSA) is 115 Å². The Labute approximate surface area is 227 Å². The molecule has 3 aromatic rings. The highest BCUT2D eigenvalue weighted by Crippen LogP contribution is 2.40. The second-order valence-corrected chi connectivity index (χ2v) is 10.2. The minimum absolute atomic E-state index is 0.0905. The second kappa shape index (κ2) is 9.86. The van der Waals surface area contributed by atoms with E-state index >= 15 is 0 Å². The van der Waals surface area contributed by atoms with Crippen LogP contribution in [-0.2, 0) is 15.7 Å². The number of nitrogens with one attached hydrogen (secondary N) is 1. The number of hydrogen-bond donors (Lipinski definition) is 1. The predicted molar refractivity (Wildman–Crippen MR) is 137 cm³/mol. The van der Waals surface area contributed by atoms with Crippen LogP contribution in [0.25, 0.3) is 11.4 Å². The van der Waals surface area contributed by atoms with E-state index in [4.69, 9.17) is 14.2 Å². The van der Waals surface area contributed by atoms with Crippen LogP contribution >= 0.6 is 0 Å². The Morgan fingerprint density at radius 2 is 2.10 bits per heavy atom. The molecule has 2 saturated heterocycles. The molecule has 2 atom stereocenters. The van der Waals surface area contributed by atoms with Gasteiger partial charge in [0.2, 0.25) is 5.88 Å². The number of rotatable bonds is 5. The summed E-state index contributed by atoms with van der Waals surface area (Å²) in [6.07, 6.45) is -1.13. The van der Waals surface area contributed by atoms with Crippen molar-refractivity contribution in [3.8, 4) is 17.3 Å². The van der Waals surface area contributed by atoms with Gasteiger partial charge < -0.3 is 24.4 Å². The van der Waals surface area contributed by atoms with Crippen LogP contribution in [0.1, 0.15) is 25.8 Å². The lowest BCUT2D eigenvalue weighted by molar-refractivity contribution is -0.141. The molecule has 5 heterocycles. The summed E-state index contributed by atoms with van der Waals surface area (Å²) in [6.45, 7) is 5.51. The highest BCUT2D eigenvalue weighted by atomic mass is 19.4. The van der Waals surface area contributed by atoms with E-state index in [1.54, 1.807) is 12.3 Å². The van der Waals surface area contributed by atoms with Gasteiger partial charge in [-0.1, -0.05) is 12.1 Å². The van der Waals surface area contributed by atoms with Crippen molar-refractivity contribution in [1.82, 2.24) is 20.2 Å². The Morgan fingerprint density at radius 1 is 1.25 bits per heavy atom. The second-order valence-electron chi connectivity index (χ2n) is 10.2. The monoisotopic (exact) mass is 557 g/mol. The lowest BCUT2D eigenvalue weighted by Gasteiger charge is -2.35. The highest BCUT2D eigenvalue weighted by Gasteiger charge is 2.41. The van der Waals surface area contributed by atoms with E-state index < -0.39 is 23.6 Å². The zero-order chi connectivity index (χ0) is 28.1. The molecule has 0 spiro atoms. The Kier molecular flexibility index (Phi) is 6.45. The van der Waals surface area contributed by atoms with E-state index in [1.807, 2.05) is 13.8 Å². The number of amides is 2. The lowest BCUT2D eigenvalue weighted by atomic mass is 10.1. The number of anilines is 3. The zero-order valence-electron chi connectivity index (χ0n) is 21.7. The smallest absolute Gasteiger partial charge is 0.416 e. The number of benzene rings is 1. The lowest BCUT2D eigenvalue weighted by Crippen LogP contribution is -2.48. The van der Waals surface area contributed by atoms with Gasteiger partial charge in [-0.2, -0.15) is 18.3 Å². The highest BCUT2D eigenvalue weighted by molar-refractivity contribution is 6.04. The average molecular weight is 558 g/mol. The summed E-state index contributed by atoms with van der Waals surface area (Å²) >= 11 is 0. The molecule has 40 heavy (non-hydrogen) atoms. The summed E-state index contributed by atoms with van der Waals surface area (Å²) in [5.74, 6) is -0.0622. The van der Waals surface area contributed by atoms with Gasteiger partial charge in [0.15, 0.2) is 17.4 Å². The molecule has 14 heteroatoms. The van der Waals surface area contributed by atoms with Gasteiger partial charge in [-0.25, -0.2) is 14.8 Å². The van der Waals surface area contributed by atoms with Gasteiger partial charge in [0.05, 0.1) is 42.0 Å². The molecule has 210 valence electrons. The van der Waals surface area contributed by atoms with Crippen LogP contribution in [0.3, 0.4) is 0 Å². The predicted octanol–water partition coefficient (Wildman–Crippen LogP) is 4.11. The van der Waals surface area contributed by atoms with Crippen molar-refractivity contribution >= 4 is 23.2 Å². The number of alkyl halides is 3. The normalized spacial score (nSPS) is 21.3. The number of fused-ring (bicyclic) bond motifs is 4. The van der Waals surface area contributed by atoms with Crippen LogP contribution < -0.4 is 19.9 Å². The number of halogens is 3. The standard InChI is InChI=1S/C26H26F3N7O4/c1-25(2)39-14-19(40-25)13-38-21-9-17(10-31-34-21)32-24(37)36-18-6-7-35(12-18)20-11-30-22(33-23(20)36)15-4-3-5-16(8-15)26(27,28)29/h3-5,8-11,18-19H,6-7,12-14H2,1-2H3,(H,32,34,37)/t18?,19-/m0/s1. The first-order chi connectivity index (χ1) is 19.1. The molecular weight excluding hydrogens is 531 g/mol. The number of hydrogen-bond acceptors (Lipinski definition) is 9. The van der Waals surface area contributed by atoms with Crippen molar-refractivity contribution < 1.29 is 32.2 Å². The molecule has 0 saturated carbocycles. The maximum absolute atomic E-state index is 13.6. The molecule has 11 nitrogen and oxygen atoms in total. The summed E-state index contributed by atoms with van der Waals surface area (Å²) in [5.41, 5.74) is 0.390. The number of carbonyl (C=O) groups is 1. The molecule has 0 aliphatic carbocycles. The summed E-state index contributed by atoms with van der Waals surface area (Å²) in [7, 11) is 0. The number of aromatic nitrogens is 4. The van der Waals surface area contributed by atoms with Crippen molar-refractivity contribution in [1.29, 1.82) is 0 Å². The molecule has 1 unspecified atom stereocenters. The maximum atomic E-state index is 13.6. The first-order valence-corrected chi connectivity index (χ1v) is 12.7. The number of carbonyl (C=O) groups excluding carboxylic acids is 1. The van der Waals surface area contributed by atoms with E-state index in [1.165, 1.54) is 23.2 Å². The molecular formula is C26H26F3N7O4. The van der Waals surface area contributed by atoms with Crippen LogP contribution in [-0.4, -0.2) is 70.4 Å². The van der Waals surface area contributed by atoms with Gasteiger partial charge in [-0.3, -0.25) is 4.90 Å². The van der Waals surface area contributed by atoms with E-state index in [0.29, 0.717) is 43.3 Å². The van der Waals surface area contributed by atoms with Gasteiger partial charge in [-0.15, -0.1) is 5.10 Å². The molecule has 2 fully saturated rings. The summed E-state index contributed by atoms with van der Waals surface area (Å²) in [5, 5.41) is 10.7. The van der Waals surface area contributed by atoms with E-state index in [2.05, 4.69) is 30.4 Å². The Morgan fingerprint density at radius 3 is 2.88 bits per heavy atom. The summed E-state index contributed by atoms with van der Waals surface area (Å²) in [4.78, 5) is 26.0. The van der Waals surface area contributed by atoms with E-state index in [0.717, 1.165) is 12.1 Å². The molecule has 1 aromatic carbocycles. The molecule has 2 amide bonds. The van der Waals surface area contributed by atoms with Crippen LogP contribution in [0.5, 0.6) is 5.88 Å². The Bertz CT molecular complexity index is 1440. The van der Waals surface area contributed by atoms with Crippen LogP contribution in [0.15, 0.2) is 42.7 Å². The Hall–Kier alpha value is -4.04. The third-order valence-electron chi connectivity index (χ3n) is 6.88. The SMILES string of the molecule is CC1(C)OC[C@H](COc2cc(NC(=O)N3c4nc(-c5cccc(C(F)(F)F)c5)ncc4N4CCC3C4)cnn2)O1. The third-order valence-corrected chi connectivity index (χ3v) is 6.88. The van der Waals surface area contributed by atoms with Crippen LogP contribution in [0.4, 0.5) is 35.2 Å². The third kappa shape index (κ3) is 5.23. The van der Waals surface area contributed by atoms with Gasteiger partial charge in [0.1, 0.15) is 12.7 Å². The Balaban J connectivity index is 1.22. The average Bonchev–Trinajstić information content (AvgIpc) is 3.50. The quantitative estimate of drug-likeness (QED) is 0.495. The fourth-order valence-corrected chi connectivity index (χ4v) is 5.04. The molecule has 3 aliphatic rings. The van der Waals surface area contributed by atoms with Crippen molar-refractivity contribution in [3.05, 3.63) is 48.3 Å². The molecule has 2 aromatic heterocycles. The van der Waals surface area contributed by atoms with Crippen molar-refractivity contribution in [2.75, 3.05) is 41.4 Å². The van der Waals surface area contributed by atoms with Gasteiger partial charge in [-0.05, 0) is 32.4 Å². The van der Waals surface area contributed by atoms with Crippen LogP contribution in [0.2, 0.25) is 0 Å². The largest absolute Gasteiger partial charge is 0.474 e. The van der Waals surface area contributed by atoms with Crippen LogP contribution in [0, 0.1) is 0 Å². The van der Waals surface area contributed by atoms with E-state index in [9.17, 15) is 18.0 Å². The zero-order valence-corrected chi connectivity index (χ0v) is 21.7. The molecule has 3 aliphatic heterocycles. The van der Waals surface area contributed by atoms with Crippen molar-refractivity contribution in [2.45, 2.75) is 44.4 Å². The van der Waals surface area contributed by atoms with Gasteiger partial charge in [0, 0.05) is 24.7 Å². The minimum Gasteiger partial charge on any atom is -0.474 e. The first kappa shape index (κ1) is 26.2. The summed E-state index contributed by atoms with van der Waals surface area (Å²) in [6, 6.07) is 5.71. The number of ether oxygens (including phenoxy) is 3. The van der Waals surface area contributed by atoms with Crippen molar-refractivity contribution in [2.24, 2.45) is 0 Å². The first-order valence-electron chi connectivity index (χ1n) is 12.7. The maximum Gasteiger partial charge on any atom is 0.416 e. The fourth-order valence-electron chi connectivity index (χ4n) is 5.04. The minimum atomic E-state index is -4.50. The van der Waals surface area contributed by atoms with Gasteiger partial charge in [0.25, 0.3) is 0 Å². The number of urea groups is 1. The molecule has 0 radical (unpaired) electrons. The summed E-state index contributed by atoms with van der Waals surface area (Å²) < 4.78 is 56.8. The number of nitrogens with zero attached hydrogens (tertiary/aromatic N) is 6. The molecule has 1 N–H and O–H groups in total. The molecule has 2 bridgehead atoms.